The van der Waals surface area contributed by atoms with Gasteiger partial charge in [-0.05, 0) is 48.7 Å². The summed E-state index contributed by atoms with van der Waals surface area (Å²) in [4.78, 5) is 0. The van der Waals surface area contributed by atoms with Crippen molar-refractivity contribution in [1.29, 1.82) is 5.26 Å². The molecule has 21 heavy (non-hydrogen) atoms. The first-order chi connectivity index (χ1) is 10.2. The Kier molecular flexibility index (Phi) is 6.14. The lowest BCUT2D eigenvalue weighted by Crippen LogP contribution is -2.43. The highest BCUT2D eigenvalue weighted by molar-refractivity contribution is 7.99. The standard InChI is InChI=1S/C18H26N2S/c1-15(2)10-12-21-13-11-18(14-19,20-17-8-9-17)16-6-4-3-5-7-16/h3-7,15,17,20H,8-13H2,1-2H3. The van der Waals surface area contributed by atoms with Gasteiger partial charge in [-0.15, -0.1) is 0 Å². The van der Waals surface area contributed by atoms with E-state index in [0.717, 1.165) is 23.7 Å². The zero-order chi connectivity index (χ0) is 15.1. The Bertz CT molecular complexity index is 462. The predicted molar refractivity (Wildman–Crippen MR) is 91.3 cm³/mol. The topological polar surface area (TPSA) is 35.8 Å². The lowest BCUT2D eigenvalue weighted by atomic mass is 9.88. The Morgan fingerprint density at radius 2 is 2.00 bits per heavy atom. The van der Waals surface area contributed by atoms with Crippen LogP contribution in [0, 0.1) is 17.2 Å². The van der Waals surface area contributed by atoms with Crippen molar-refractivity contribution in [3.05, 3.63) is 35.9 Å². The van der Waals surface area contributed by atoms with E-state index in [1.165, 1.54) is 25.0 Å². The van der Waals surface area contributed by atoms with Crippen molar-refractivity contribution >= 4 is 11.8 Å². The van der Waals surface area contributed by atoms with E-state index in [9.17, 15) is 5.26 Å². The number of nitrogens with one attached hydrogen (secondary N) is 1. The van der Waals surface area contributed by atoms with E-state index >= 15 is 0 Å². The SMILES string of the molecule is CC(C)CCSCCC(C#N)(NC1CC1)c1ccccc1. The van der Waals surface area contributed by atoms with Crippen molar-refractivity contribution in [2.24, 2.45) is 5.92 Å². The summed E-state index contributed by atoms with van der Waals surface area (Å²) in [6.45, 7) is 4.53. The van der Waals surface area contributed by atoms with Crippen molar-refractivity contribution in [2.45, 2.75) is 51.1 Å². The molecule has 2 nitrogen and oxygen atoms in total. The highest BCUT2D eigenvalue weighted by Gasteiger charge is 2.37. The van der Waals surface area contributed by atoms with Crippen LogP contribution < -0.4 is 5.32 Å². The van der Waals surface area contributed by atoms with Gasteiger partial charge in [-0.25, -0.2) is 0 Å². The van der Waals surface area contributed by atoms with Crippen LogP contribution in [0.4, 0.5) is 0 Å². The third kappa shape index (κ3) is 5.05. The largest absolute Gasteiger partial charge is 0.293 e. The first-order valence-corrected chi connectivity index (χ1v) is 9.14. The fourth-order valence-corrected chi connectivity index (χ4v) is 3.69. The van der Waals surface area contributed by atoms with E-state index in [4.69, 9.17) is 0 Å². The summed E-state index contributed by atoms with van der Waals surface area (Å²) in [5.74, 6) is 2.99. The molecule has 0 spiro atoms. The number of benzene rings is 1. The maximum absolute atomic E-state index is 9.83. The fourth-order valence-electron chi connectivity index (χ4n) is 2.40. The summed E-state index contributed by atoms with van der Waals surface area (Å²) in [6, 6.07) is 13.3. The smallest absolute Gasteiger partial charge is 0.133 e. The van der Waals surface area contributed by atoms with Gasteiger partial charge in [0.25, 0.3) is 0 Å². The molecular formula is C18H26N2S. The molecule has 0 bridgehead atoms. The predicted octanol–water partition coefficient (Wildman–Crippen LogP) is 4.33. The van der Waals surface area contributed by atoms with Crippen molar-refractivity contribution < 1.29 is 0 Å². The quantitative estimate of drug-likeness (QED) is 0.690. The molecular weight excluding hydrogens is 276 g/mol. The molecule has 1 aromatic rings. The molecule has 0 aliphatic heterocycles. The van der Waals surface area contributed by atoms with Gasteiger partial charge in [0.2, 0.25) is 0 Å². The van der Waals surface area contributed by atoms with Crippen molar-refractivity contribution in [3.63, 3.8) is 0 Å². The zero-order valence-electron chi connectivity index (χ0n) is 13.1. The molecule has 1 fully saturated rings. The van der Waals surface area contributed by atoms with Gasteiger partial charge >= 0.3 is 0 Å². The summed E-state index contributed by atoms with van der Waals surface area (Å²) in [6.07, 6.45) is 4.55. The maximum atomic E-state index is 9.83. The molecule has 1 N–H and O–H groups in total. The molecule has 1 aliphatic rings. The summed E-state index contributed by atoms with van der Waals surface area (Å²) in [5.41, 5.74) is 0.608. The van der Waals surface area contributed by atoms with Crippen molar-refractivity contribution in [2.75, 3.05) is 11.5 Å². The van der Waals surface area contributed by atoms with Crippen LogP contribution in [0.1, 0.15) is 45.1 Å². The van der Waals surface area contributed by atoms with Crippen LogP contribution in [-0.4, -0.2) is 17.5 Å². The van der Waals surface area contributed by atoms with Crippen molar-refractivity contribution in [1.82, 2.24) is 5.32 Å². The van der Waals surface area contributed by atoms with E-state index in [1.54, 1.807) is 0 Å². The molecule has 1 aromatic carbocycles. The van der Waals surface area contributed by atoms with Crippen LogP contribution in [0.5, 0.6) is 0 Å². The van der Waals surface area contributed by atoms with Crippen LogP contribution >= 0.6 is 11.8 Å². The van der Waals surface area contributed by atoms with E-state index < -0.39 is 5.54 Å². The molecule has 0 saturated heterocycles. The summed E-state index contributed by atoms with van der Waals surface area (Å²) in [5, 5.41) is 13.4. The second-order valence-corrected chi connectivity index (χ2v) is 7.57. The first-order valence-electron chi connectivity index (χ1n) is 7.98. The van der Waals surface area contributed by atoms with Gasteiger partial charge < -0.3 is 0 Å². The number of rotatable bonds is 9. The first kappa shape index (κ1) is 16.4. The van der Waals surface area contributed by atoms with Gasteiger partial charge in [-0.2, -0.15) is 17.0 Å². The minimum Gasteiger partial charge on any atom is -0.293 e. The Labute approximate surface area is 133 Å². The third-order valence-electron chi connectivity index (χ3n) is 3.95. The normalized spacial score (nSPS) is 17.4. The van der Waals surface area contributed by atoms with Gasteiger partial charge in [0, 0.05) is 6.04 Å². The molecule has 1 unspecified atom stereocenters. The summed E-state index contributed by atoms with van der Waals surface area (Å²) in [7, 11) is 0. The Balaban J connectivity index is 1.97. The van der Waals surface area contributed by atoms with E-state index in [-0.39, 0.29) is 0 Å². The maximum Gasteiger partial charge on any atom is 0.133 e. The number of nitriles is 1. The third-order valence-corrected chi connectivity index (χ3v) is 4.96. The summed E-state index contributed by atoms with van der Waals surface area (Å²) < 4.78 is 0. The van der Waals surface area contributed by atoms with E-state index in [1.807, 2.05) is 30.0 Å². The number of thioether (sulfide) groups is 1. The molecule has 3 heteroatoms. The minimum atomic E-state index is -0.507. The van der Waals surface area contributed by atoms with Crippen LogP contribution in [0.3, 0.4) is 0 Å². The molecule has 2 rings (SSSR count). The second kappa shape index (κ2) is 7.87. The number of hydrogen-bond donors (Lipinski definition) is 1. The highest BCUT2D eigenvalue weighted by atomic mass is 32.2. The van der Waals surface area contributed by atoms with E-state index in [0.29, 0.717) is 6.04 Å². The molecule has 1 atom stereocenters. The average Bonchev–Trinajstić information content (AvgIpc) is 3.30. The van der Waals surface area contributed by atoms with Crippen LogP contribution in [0.25, 0.3) is 0 Å². The van der Waals surface area contributed by atoms with Crippen LogP contribution in [0.2, 0.25) is 0 Å². The number of nitrogens with zero attached hydrogens (tertiary/aromatic N) is 1. The fraction of sp³-hybridized carbons (Fsp3) is 0.611. The zero-order valence-corrected chi connectivity index (χ0v) is 14.0. The lowest BCUT2D eigenvalue weighted by Gasteiger charge is -2.28. The molecule has 0 radical (unpaired) electrons. The summed E-state index contributed by atoms with van der Waals surface area (Å²) >= 11 is 1.97. The highest BCUT2D eigenvalue weighted by Crippen LogP contribution is 2.32. The Morgan fingerprint density at radius 1 is 1.29 bits per heavy atom. The van der Waals surface area contributed by atoms with Gasteiger partial charge in [-0.1, -0.05) is 44.2 Å². The minimum absolute atomic E-state index is 0.507. The average molecular weight is 302 g/mol. The Hall–Kier alpha value is -0.980. The molecule has 1 saturated carbocycles. The molecule has 114 valence electrons. The number of hydrogen-bond acceptors (Lipinski definition) is 3. The van der Waals surface area contributed by atoms with Gasteiger partial charge in [0.05, 0.1) is 6.07 Å². The van der Waals surface area contributed by atoms with Gasteiger partial charge in [0.15, 0.2) is 0 Å². The van der Waals surface area contributed by atoms with E-state index in [2.05, 4.69) is 37.4 Å². The Morgan fingerprint density at radius 3 is 2.57 bits per heavy atom. The van der Waals surface area contributed by atoms with Crippen molar-refractivity contribution in [3.8, 4) is 6.07 Å². The second-order valence-electron chi connectivity index (χ2n) is 6.35. The molecule has 0 amide bonds. The molecule has 0 aromatic heterocycles. The van der Waals surface area contributed by atoms with Crippen LogP contribution in [-0.2, 0) is 5.54 Å². The van der Waals surface area contributed by atoms with Crippen LogP contribution in [0.15, 0.2) is 30.3 Å². The van der Waals surface area contributed by atoms with Gasteiger partial charge in [0.1, 0.15) is 5.54 Å². The monoisotopic (exact) mass is 302 g/mol. The molecule has 0 heterocycles. The van der Waals surface area contributed by atoms with Gasteiger partial charge in [-0.3, -0.25) is 5.32 Å². The molecule has 1 aliphatic carbocycles. The lowest BCUT2D eigenvalue weighted by molar-refractivity contribution is 0.412.